The fourth-order valence-corrected chi connectivity index (χ4v) is 3.67. The summed E-state index contributed by atoms with van der Waals surface area (Å²) < 4.78 is 0. The van der Waals surface area contributed by atoms with Gasteiger partial charge in [0.25, 0.3) is 0 Å². The Bertz CT molecular complexity index is 333. The monoisotopic (exact) mass is 225 g/mol. The van der Waals surface area contributed by atoms with E-state index in [9.17, 15) is 5.11 Å². The first kappa shape index (κ1) is 11.1. The summed E-state index contributed by atoms with van der Waals surface area (Å²) in [6.07, 6.45) is 4.66. The summed E-state index contributed by atoms with van der Waals surface area (Å²) in [6.45, 7) is 6.65. The lowest BCUT2D eigenvalue weighted by Gasteiger charge is -2.27. The van der Waals surface area contributed by atoms with Crippen LogP contribution in [0.25, 0.3) is 0 Å². The second-order valence-corrected chi connectivity index (χ2v) is 6.67. The zero-order chi connectivity index (χ0) is 11.1. The van der Waals surface area contributed by atoms with Crippen molar-refractivity contribution >= 4 is 11.3 Å². The molecule has 1 aromatic rings. The van der Waals surface area contributed by atoms with Gasteiger partial charge in [0.1, 0.15) is 0 Å². The average molecular weight is 225 g/mol. The molecule has 0 bridgehead atoms. The molecule has 84 valence electrons. The highest BCUT2D eigenvalue weighted by Gasteiger charge is 2.47. The van der Waals surface area contributed by atoms with Crippen LogP contribution in [0.2, 0.25) is 0 Å². The molecule has 0 saturated heterocycles. The van der Waals surface area contributed by atoms with E-state index in [1.54, 1.807) is 11.3 Å². The number of hydrogen-bond acceptors (Lipinski definition) is 3. The van der Waals surface area contributed by atoms with Gasteiger partial charge in [-0.1, -0.05) is 20.8 Å². The van der Waals surface area contributed by atoms with E-state index in [-0.39, 0.29) is 5.41 Å². The van der Waals surface area contributed by atoms with Crippen LogP contribution in [-0.4, -0.2) is 15.7 Å². The van der Waals surface area contributed by atoms with Gasteiger partial charge in [-0.15, -0.1) is 11.3 Å². The standard InChI is InChI=1S/C12H19NOS/c1-9-4-11(2,3)7-12(9,14)5-10-6-13-8-15-10/h6,8-9,14H,4-5,7H2,1-3H3. The predicted molar refractivity (Wildman–Crippen MR) is 62.9 cm³/mol. The molecule has 1 N–H and O–H groups in total. The van der Waals surface area contributed by atoms with Gasteiger partial charge >= 0.3 is 0 Å². The zero-order valence-electron chi connectivity index (χ0n) is 9.66. The van der Waals surface area contributed by atoms with E-state index in [1.165, 1.54) is 4.88 Å². The molecule has 1 fully saturated rings. The lowest BCUT2D eigenvalue weighted by Crippen LogP contribution is -2.34. The van der Waals surface area contributed by atoms with Gasteiger partial charge < -0.3 is 5.11 Å². The van der Waals surface area contributed by atoms with Crippen LogP contribution in [0, 0.1) is 11.3 Å². The van der Waals surface area contributed by atoms with E-state index in [4.69, 9.17) is 0 Å². The van der Waals surface area contributed by atoms with Gasteiger partial charge in [-0.05, 0) is 24.2 Å². The van der Waals surface area contributed by atoms with Gasteiger partial charge in [0.15, 0.2) is 0 Å². The van der Waals surface area contributed by atoms with Gasteiger partial charge in [0.05, 0.1) is 11.1 Å². The fraction of sp³-hybridized carbons (Fsp3) is 0.750. The van der Waals surface area contributed by atoms with Crippen molar-refractivity contribution in [1.29, 1.82) is 0 Å². The molecule has 2 rings (SSSR count). The number of rotatable bonds is 2. The van der Waals surface area contributed by atoms with Crippen molar-refractivity contribution in [1.82, 2.24) is 4.98 Å². The largest absolute Gasteiger partial charge is 0.389 e. The molecule has 1 aliphatic carbocycles. The highest BCUT2D eigenvalue weighted by molar-refractivity contribution is 7.09. The predicted octanol–water partition coefficient (Wildman–Crippen LogP) is 2.87. The molecule has 1 aliphatic rings. The maximum absolute atomic E-state index is 10.6. The third-order valence-electron chi connectivity index (χ3n) is 3.52. The van der Waals surface area contributed by atoms with E-state index in [1.807, 2.05) is 11.7 Å². The molecular formula is C12H19NOS. The number of aromatic nitrogens is 1. The third kappa shape index (κ3) is 2.23. The summed E-state index contributed by atoms with van der Waals surface area (Å²) in [7, 11) is 0. The fourth-order valence-electron chi connectivity index (χ4n) is 2.96. The first-order chi connectivity index (χ1) is 6.91. The lowest BCUT2D eigenvalue weighted by molar-refractivity contribution is 0.00513. The summed E-state index contributed by atoms with van der Waals surface area (Å²) in [6, 6.07) is 0. The van der Waals surface area contributed by atoms with Crippen molar-refractivity contribution in [2.24, 2.45) is 11.3 Å². The minimum Gasteiger partial charge on any atom is -0.389 e. The Morgan fingerprint density at radius 3 is 2.80 bits per heavy atom. The minimum absolute atomic E-state index is 0.277. The minimum atomic E-state index is -0.518. The Balaban J connectivity index is 2.14. The molecule has 0 radical (unpaired) electrons. The van der Waals surface area contributed by atoms with Crippen LogP contribution in [0.15, 0.2) is 11.7 Å². The Labute approximate surface area is 95.4 Å². The Kier molecular flexibility index (Phi) is 2.63. The first-order valence-electron chi connectivity index (χ1n) is 5.51. The van der Waals surface area contributed by atoms with Gasteiger partial charge in [-0.2, -0.15) is 0 Å². The Morgan fingerprint density at radius 1 is 1.60 bits per heavy atom. The van der Waals surface area contributed by atoms with Crippen molar-refractivity contribution in [2.45, 2.75) is 45.6 Å². The SMILES string of the molecule is CC1CC(C)(C)CC1(O)Cc1cncs1. The second-order valence-electron chi connectivity index (χ2n) is 5.69. The molecule has 0 aliphatic heterocycles. The van der Waals surface area contributed by atoms with Crippen molar-refractivity contribution in [3.05, 3.63) is 16.6 Å². The maximum atomic E-state index is 10.6. The van der Waals surface area contributed by atoms with E-state index < -0.39 is 5.60 Å². The number of nitrogens with zero attached hydrogens (tertiary/aromatic N) is 1. The molecule has 3 heteroatoms. The van der Waals surface area contributed by atoms with Crippen LogP contribution in [0.4, 0.5) is 0 Å². The van der Waals surface area contributed by atoms with Crippen LogP contribution in [0.3, 0.4) is 0 Å². The quantitative estimate of drug-likeness (QED) is 0.839. The Morgan fingerprint density at radius 2 is 2.33 bits per heavy atom. The topological polar surface area (TPSA) is 33.1 Å². The number of thiazole rings is 1. The smallest absolute Gasteiger partial charge is 0.0794 e. The van der Waals surface area contributed by atoms with Crippen LogP contribution >= 0.6 is 11.3 Å². The molecule has 0 aromatic carbocycles. The van der Waals surface area contributed by atoms with Gasteiger partial charge in [0.2, 0.25) is 0 Å². The average Bonchev–Trinajstić information content (AvgIpc) is 2.59. The molecule has 0 amide bonds. The second kappa shape index (κ2) is 3.56. The van der Waals surface area contributed by atoms with E-state index >= 15 is 0 Å². The van der Waals surface area contributed by atoms with Crippen LogP contribution in [0.1, 0.15) is 38.5 Å². The van der Waals surface area contributed by atoms with Crippen LogP contribution in [-0.2, 0) is 6.42 Å². The summed E-state index contributed by atoms with van der Waals surface area (Å²) in [5, 5.41) is 10.6. The summed E-state index contributed by atoms with van der Waals surface area (Å²) in [5.41, 5.74) is 1.60. The molecule has 2 atom stereocenters. The van der Waals surface area contributed by atoms with Crippen molar-refractivity contribution in [3.8, 4) is 0 Å². The molecular weight excluding hydrogens is 206 g/mol. The Hall–Kier alpha value is -0.410. The zero-order valence-corrected chi connectivity index (χ0v) is 10.5. The molecule has 2 unspecified atom stereocenters. The molecule has 1 aromatic heterocycles. The highest BCUT2D eigenvalue weighted by Crippen LogP contribution is 2.48. The normalized spacial score (nSPS) is 34.5. The number of hydrogen-bond donors (Lipinski definition) is 1. The molecule has 1 heterocycles. The van der Waals surface area contributed by atoms with Gasteiger partial charge in [0, 0.05) is 17.5 Å². The summed E-state index contributed by atoms with van der Waals surface area (Å²) in [5.74, 6) is 0.384. The van der Waals surface area contributed by atoms with E-state index in [0.717, 1.165) is 19.3 Å². The van der Waals surface area contributed by atoms with Crippen molar-refractivity contribution in [2.75, 3.05) is 0 Å². The molecule has 1 saturated carbocycles. The van der Waals surface area contributed by atoms with Crippen LogP contribution in [0.5, 0.6) is 0 Å². The highest BCUT2D eigenvalue weighted by atomic mass is 32.1. The first-order valence-corrected chi connectivity index (χ1v) is 6.39. The summed E-state index contributed by atoms with van der Waals surface area (Å²) in [4.78, 5) is 5.26. The van der Waals surface area contributed by atoms with Crippen molar-refractivity contribution < 1.29 is 5.11 Å². The van der Waals surface area contributed by atoms with Gasteiger partial charge in [-0.25, -0.2) is 0 Å². The third-order valence-corrected chi connectivity index (χ3v) is 4.30. The lowest BCUT2D eigenvalue weighted by atomic mass is 9.87. The maximum Gasteiger partial charge on any atom is 0.0794 e. The van der Waals surface area contributed by atoms with Crippen LogP contribution < -0.4 is 0 Å². The number of aliphatic hydroxyl groups is 1. The molecule has 0 spiro atoms. The van der Waals surface area contributed by atoms with E-state index in [2.05, 4.69) is 25.8 Å². The van der Waals surface area contributed by atoms with Crippen molar-refractivity contribution in [3.63, 3.8) is 0 Å². The molecule has 2 nitrogen and oxygen atoms in total. The van der Waals surface area contributed by atoms with Gasteiger partial charge in [-0.3, -0.25) is 4.98 Å². The molecule has 15 heavy (non-hydrogen) atoms. The van der Waals surface area contributed by atoms with E-state index in [0.29, 0.717) is 5.92 Å². The summed E-state index contributed by atoms with van der Waals surface area (Å²) >= 11 is 1.64.